The second-order valence-corrected chi connectivity index (χ2v) is 11.2. The molecule has 17 nitrogen and oxygen atoms in total. The van der Waals surface area contributed by atoms with Crippen molar-refractivity contribution >= 4 is 47.4 Å². The van der Waals surface area contributed by atoms with Crippen LogP contribution in [0.3, 0.4) is 0 Å². The summed E-state index contributed by atoms with van der Waals surface area (Å²) in [5.74, 6) is -5.26. The number of carboxylic acids is 1. The quantitative estimate of drug-likeness (QED) is 0.0685. The topological polar surface area (TPSA) is 268 Å². The van der Waals surface area contributed by atoms with E-state index in [-0.39, 0.29) is 31.4 Å². The number of urea groups is 2. The average molecular weight is 624 g/mol. The molecule has 0 spiro atoms. The van der Waals surface area contributed by atoms with E-state index in [0.717, 1.165) is 0 Å². The van der Waals surface area contributed by atoms with E-state index < -0.39 is 72.0 Å². The van der Waals surface area contributed by atoms with Crippen molar-refractivity contribution in [1.82, 2.24) is 31.5 Å². The number of carbonyl (C=O) groups is 7. The van der Waals surface area contributed by atoms with E-state index in [4.69, 9.17) is 11.5 Å². The molecule has 2 rings (SSSR count). The molecule has 2 fully saturated rings. The molecule has 17 heteroatoms. The Hall–Kier alpha value is -4.28. The van der Waals surface area contributed by atoms with Crippen molar-refractivity contribution in [1.29, 1.82) is 0 Å². The molecule has 0 aliphatic carbocycles. The summed E-state index contributed by atoms with van der Waals surface area (Å²) in [6.07, 6.45) is 2.71. The Morgan fingerprint density at radius 1 is 0.955 bits per heavy atom. The van der Waals surface area contributed by atoms with E-state index in [1.54, 1.807) is 13.8 Å². The Bertz CT molecular complexity index is 1110. The third-order valence-electron chi connectivity index (χ3n) is 7.33. The number of aliphatic imine (C=N–C) groups is 1. The molecule has 0 unspecified atom stereocenters. The standard InChI is InChI=1S/C27H45N9O8/c1-15(2)20-22(40)21(39)18-9-7-13-36(18)24(42)16(8-6-12-31-25(28)29)30-10-4-3-5-11-32-26(43)33-17(14-19(37)38)23(41)35-27(44)34-20/h15-18,20,30H,3-14H2,1-2H3,(H,37,38)(H4,28,29,31)(H2,32,33,43)(H2,34,35,41,44)/t16-,17-,18-,20-/m0/s1. The summed E-state index contributed by atoms with van der Waals surface area (Å²) >= 11 is 0. The Kier molecular flexibility index (Phi) is 14.5. The molecule has 0 aromatic carbocycles. The number of carbonyl (C=O) groups excluding carboxylic acids is 6. The third-order valence-corrected chi connectivity index (χ3v) is 7.33. The molecule has 0 radical (unpaired) electrons. The number of nitrogens with zero attached hydrogens (tertiary/aromatic N) is 2. The first-order chi connectivity index (χ1) is 20.8. The minimum atomic E-state index is -1.59. The Labute approximate surface area is 255 Å². The van der Waals surface area contributed by atoms with Gasteiger partial charge < -0.3 is 42.7 Å². The number of guanidine groups is 1. The van der Waals surface area contributed by atoms with Gasteiger partial charge in [0.2, 0.25) is 17.5 Å². The average Bonchev–Trinajstić information content (AvgIpc) is 3.44. The molecule has 44 heavy (non-hydrogen) atoms. The third kappa shape index (κ3) is 11.4. The number of carboxylic acid groups (broad SMARTS) is 1. The Morgan fingerprint density at radius 2 is 1.66 bits per heavy atom. The van der Waals surface area contributed by atoms with Crippen LogP contribution in [0.1, 0.15) is 65.2 Å². The van der Waals surface area contributed by atoms with E-state index in [9.17, 15) is 38.7 Å². The highest BCUT2D eigenvalue weighted by atomic mass is 16.4. The molecule has 0 aromatic rings. The molecule has 0 bridgehead atoms. The van der Waals surface area contributed by atoms with Gasteiger partial charge in [-0.2, -0.15) is 0 Å². The predicted molar refractivity (Wildman–Crippen MR) is 158 cm³/mol. The summed E-state index contributed by atoms with van der Waals surface area (Å²) in [5.41, 5.74) is 10.8. The van der Waals surface area contributed by atoms with Crippen LogP contribution in [0.25, 0.3) is 0 Å². The summed E-state index contributed by atoms with van der Waals surface area (Å²) in [5, 5.41) is 21.5. The van der Waals surface area contributed by atoms with E-state index in [1.807, 2.05) is 5.32 Å². The molecule has 10 N–H and O–H groups in total. The maximum Gasteiger partial charge on any atom is 0.322 e. The van der Waals surface area contributed by atoms with Crippen molar-refractivity contribution in [3.8, 4) is 0 Å². The summed E-state index contributed by atoms with van der Waals surface area (Å²) in [6.45, 7) is 4.45. The molecule has 0 saturated carbocycles. The Balaban J connectivity index is 2.31. The molecular formula is C27H45N9O8. The van der Waals surface area contributed by atoms with Gasteiger partial charge in [0, 0.05) is 19.6 Å². The fourth-order valence-corrected chi connectivity index (χ4v) is 5.05. The van der Waals surface area contributed by atoms with Crippen LogP contribution in [0.15, 0.2) is 4.99 Å². The first-order valence-electron chi connectivity index (χ1n) is 14.9. The van der Waals surface area contributed by atoms with Crippen LogP contribution >= 0.6 is 0 Å². The fraction of sp³-hybridized carbons (Fsp3) is 0.704. The molecule has 6 amide bonds. The zero-order valence-electron chi connectivity index (χ0n) is 25.2. The largest absolute Gasteiger partial charge is 0.481 e. The maximum atomic E-state index is 13.7. The lowest BCUT2D eigenvalue weighted by Gasteiger charge is -2.30. The van der Waals surface area contributed by atoms with Gasteiger partial charge in [-0.1, -0.05) is 20.3 Å². The van der Waals surface area contributed by atoms with Gasteiger partial charge in [0.05, 0.1) is 24.5 Å². The molecule has 2 aliphatic heterocycles. The predicted octanol–water partition coefficient (Wildman–Crippen LogP) is -1.70. The Morgan fingerprint density at radius 3 is 2.32 bits per heavy atom. The SMILES string of the molecule is CC(C)[C@@H]1NC(=O)NC(=O)[C@H](CC(=O)O)NC(=O)NCCCCCN[C@@H](CCCN=C(N)N)C(=O)N2CCC[C@H]2C(=O)C1=O. The van der Waals surface area contributed by atoms with Crippen LogP contribution < -0.4 is 38.1 Å². The van der Waals surface area contributed by atoms with Crippen LogP contribution in [0.4, 0.5) is 9.59 Å². The number of hydrogen-bond donors (Lipinski definition) is 8. The van der Waals surface area contributed by atoms with Gasteiger partial charge in [-0.3, -0.25) is 34.3 Å². The lowest BCUT2D eigenvalue weighted by Crippen LogP contribution is -2.58. The summed E-state index contributed by atoms with van der Waals surface area (Å²) < 4.78 is 0. The van der Waals surface area contributed by atoms with Gasteiger partial charge in [-0.25, -0.2) is 9.59 Å². The maximum absolute atomic E-state index is 13.7. The minimum absolute atomic E-state index is 0.0639. The number of ketones is 2. The van der Waals surface area contributed by atoms with Crippen molar-refractivity contribution in [3.63, 3.8) is 0 Å². The smallest absolute Gasteiger partial charge is 0.322 e. The number of hydrogen-bond acceptors (Lipinski definition) is 9. The lowest BCUT2D eigenvalue weighted by molar-refractivity contribution is -0.145. The molecule has 0 aromatic heterocycles. The van der Waals surface area contributed by atoms with E-state index in [1.165, 1.54) is 4.90 Å². The van der Waals surface area contributed by atoms with Crippen LogP contribution in [0, 0.1) is 5.92 Å². The zero-order valence-corrected chi connectivity index (χ0v) is 25.2. The molecular weight excluding hydrogens is 578 g/mol. The first kappa shape index (κ1) is 35.9. The minimum Gasteiger partial charge on any atom is -0.481 e. The second kappa shape index (κ2) is 17.7. The summed E-state index contributed by atoms with van der Waals surface area (Å²) in [7, 11) is 0. The van der Waals surface area contributed by atoms with Crippen LogP contribution in [-0.2, 0) is 24.0 Å². The van der Waals surface area contributed by atoms with Crippen LogP contribution in [0.2, 0.25) is 0 Å². The van der Waals surface area contributed by atoms with Gasteiger partial charge in [0.25, 0.3) is 5.91 Å². The van der Waals surface area contributed by atoms with Crippen LogP contribution in [0.5, 0.6) is 0 Å². The van der Waals surface area contributed by atoms with Crippen molar-refractivity contribution in [2.75, 3.05) is 26.2 Å². The van der Waals surface area contributed by atoms with Crippen LogP contribution in [-0.4, -0.2) is 108 Å². The van der Waals surface area contributed by atoms with Crippen molar-refractivity contribution in [3.05, 3.63) is 0 Å². The van der Waals surface area contributed by atoms with Gasteiger partial charge in [-0.05, 0) is 51.0 Å². The highest BCUT2D eigenvalue weighted by molar-refractivity contribution is 6.41. The first-order valence-corrected chi connectivity index (χ1v) is 14.9. The number of amides is 6. The highest BCUT2D eigenvalue weighted by Gasteiger charge is 2.42. The number of nitrogens with one attached hydrogen (secondary N) is 5. The number of Topliss-reactive ketones (excluding diaryl/α,β-unsaturated/α-hetero) is 2. The van der Waals surface area contributed by atoms with E-state index in [2.05, 4.69) is 26.3 Å². The van der Waals surface area contributed by atoms with E-state index in [0.29, 0.717) is 51.6 Å². The highest BCUT2D eigenvalue weighted by Crippen LogP contribution is 2.22. The second-order valence-electron chi connectivity index (χ2n) is 11.2. The number of nitrogens with two attached hydrogens (primary N) is 2. The molecule has 4 atom stereocenters. The number of rotatable bonds is 7. The summed E-state index contributed by atoms with van der Waals surface area (Å²) in [4.78, 5) is 94.9. The lowest BCUT2D eigenvalue weighted by atomic mass is 9.93. The van der Waals surface area contributed by atoms with Crippen molar-refractivity contribution < 1.29 is 38.7 Å². The fourth-order valence-electron chi connectivity index (χ4n) is 5.05. The molecule has 246 valence electrons. The number of aliphatic carboxylic acids is 1. The zero-order chi connectivity index (χ0) is 32.8. The monoisotopic (exact) mass is 623 g/mol. The molecule has 2 saturated heterocycles. The van der Waals surface area contributed by atoms with Gasteiger partial charge in [0.15, 0.2) is 5.96 Å². The van der Waals surface area contributed by atoms with Gasteiger partial charge in [0.1, 0.15) is 6.04 Å². The normalized spacial score (nSPS) is 25.2. The van der Waals surface area contributed by atoms with Crippen molar-refractivity contribution in [2.45, 2.75) is 89.4 Å². The van der Waals surface area contributed by atoms with Gasteiger partial charge in [-0.15, -0.1) is 0 Å². The van der Waals surface area contributed by atoms with E-state index >= 15 is 0 Å². The number of fused-ring (bicyclic) bond motifs is 1. The number of imide groups is 1. The summed E-state index contributed by atoms with van der Waals surface area (Å²) in [6, 6.07) is -6.56. The van der Waals surface area contributed by atoms with Gasteiger partial charge >= 0.3 is 18.0 Å². The molecule has 2 heterocycles. The molecule has 2 aliphatic rings. The van der Waals surface area contributed by atoms with Crippen molar-refractivity contribution in [2.24, 2.45) is 22.4 Å².